The van der Waals surface area contributed by atoms with Gasteiger partial charge in [0.25, 0.3) is 5.91 Å². The van der Waals surface area contributed by atoms with Crippen LogP contribution < -0.4 is 24.8 Å². The number of carbonyl (C=O) groups is 2. The summed E-state index contributed by atoms with van der Waals surface area (Å²) >= 11 is 3.29. The first-order valence-corrected chi connectivity index (χ1v) is 9.31. The molecule has 9 heteroatoms. The molecule has 0 saturated carbocycles. The summed E-state index contributed by atoms with van der Waals surface area (Å²) in [5, 5.41) is 15.0. The molecule has 3 N–H and O–H groups in total. The van der Waals surface area contributed by atoms with Gasteiger partial charge in [0.1, 0.15) is 18.5 Å². The zero-order chi connectivity index (χ0) is 19.9. The molecule has 1 aliphatic heterocycles. The summed E-state index contributed by atoms with van der Waals surface area (Å²) in [7, 11) is 0. The zero-order valence-electron chi connectivity index (χ0n) is 14.8. The maximum atomic E-state index is 12.0. The summed E-state index contributed by atoms with van der Waals surface area (Å²) in [5.41, 5.74) is 0.444. The van der Waals surface area contributed by atoms with Crippen molar-refractivity contribution in [3.8, 4) is 17.2 Å². The second-order valence-electron chi connectivity index (χ2n) is 5.98. The van der Waals surface area contributed by atoms with Gasteiger partial charge < -0.3 is 30.0 Å². The van der Waals surface area contributed by atoms with E-state index in [1.807, 2.05) is 0 Å². The van der Waals surface area contributed by atoms with E-state index < -0.39 is 12.0 Å². The highest BCUT2D eigenvalue weighted by Gasteiger charge is 2.15. The molecule has 1 aliphatic rings. The van der Waals surface area contributed by atoms with E-state index in [4.69, 9.17) is 14.2 Å². The maximum absolute atomic E-state index is 12.0. The van der Waals surface area contributed by atoms with E-state index in [0.717, 1.165) is 4.47 Å². The van der Waals surface area contributed by atoms with Gasteiger partial charge in [0, 0.05) is 22.6 Å². The second kappa shape index (κ2) is 9.43. The smallest absolute Gasteiger partial charge is 0.251 e. The largest absolute Gasteiger partial charge is 0.491 e. The molecule has 2 aromatic rings. The number of aliphatic hydroxyl groups is 1. The van der Waals surface area contributed by atoms with Gasteiger partial charge in [-0.05, 0) is 30.3 Å². The van der Waals surface area contributed by atoms with Crippen molar-refractivity contribution in [1.82, 2.24) is 10.6 Å². The Bertz CT molecular complexity index is 860. The van der Waals surface area contributed by atoms with Gasteiger partial charge in [-0.25, -0.2) is 0 Å². The van der Waals surface area contributed by atoms with Crippen LogP contribution in [0.2, 0.25) is 0 Å². The fraction of sp³-hybridized carbons (Fsp3) is 0.263. The van der Waals surface area contributed by atoms with Crippen LogP contribution in [0, 0.1) is 0 Å². The SMILES string of the molecule is O=C(CNC(=O)c1cccc(Br)c1)NCC(O)COc1ccc2c(c1)OCO2. The minimum atomic E-state index is -0.907. The van der Waals surface area contributed by atoms with E-state index in [1.165, 1.54) is 0 Å². The van der Waals surface area contributed by atoms with Gasteiger partial charge in [-0.1, -0.05) is 22.0 Å². The van der Waals surface area contributed by atoms with Gasteiger partial charge in [-0.2, -0.15) is 0 Å². The van der Waals surface area contributed by atoms with Gasteiger partial charge in [0.15, 0.2) is 11.5 Å². The van der Waals surface area contributed by atoms with Crippen LogP contribution in [-0.4, -0.2) is 49.5 Å². The monoisotopic (exact) mass is 450 g/mol. The molecule has 8 nitrogen and oxygen atoms in total. The molecule has 2 amide bonds. The summed E-state index contributed by atoms with van der Waals surface area (Å²) in [6.07, 6.45) is -0.907. The average Bonchev–Trinajstić information content (AvgIpc) is 3.16. The number of carbonyl (C=O) groups excluding carboxylic acids is 2. The molecule has 0 saturated heterocycles. The average molecular weight is 451 g/mol. The Labute approximate surface area is 169 Å². The highest BCUT2D eigenvalue weighted by molar-refractivity contribution is 9.10. The molecular weight excluding hydrogens is 432 g/mol. The summed E-state index contributed by atoms with van der Waals surface area (Å²) < 4.78 is 16.7. The predicted octanol–water partition coefficient (Wildman–Crippen LogP) is 1.46. The van der Waals surface area contributed by atoms with Gasteiger partial charge in [-0.3, -0.25) is 9.59 Å². The van der Waals surface area contributed by atoms with Crippen molar-refractivity contribution in [2.75, 3.05) is 26.5 Å². The number of ether oxygens (including phenoxy) is 3. The van der Waals surface area contributed by atoms with E-state index in [2.05, 4.69) is 26.6 Å². The van der Waals surface area contributed by atoms with Crippen LogP contribution in [0.25, 0.3) is 0 Å². The number of benzene rings is 2. The summed E-state index contributed by atoms with van der Waals surface area (Å²) in [4.78, 5) is 23.8. The fourth-order valence-corrected chi connectivity index (χ4v) is 2.80. The van der Waals surface area contributed by atoms with Crippen molar-refractivity contribution in [3.05, 3.63) is 52.5 Å². The van der Waals surface area contributed by atoms with E-state index in [9.17, 15) is 14.7 Å². The Balaban J connectivity index is 1.35. The Morgan fingerprint density at radius 3 is 2.79 bits per heavy atom. The molecule has 1 atom stereocenters. The highest BCUT2D eigenvalue weighted by atomic mass is 79.9. The molecule has 0 spiro atoms. The van der Waals surface area contributed by atoms with Crippen molar-refractivity contribution in [2.45, 2.75) is 6.10 Å². The highest BCUT2D eigenvalue weighted by Crippen LogP contribution is 2.35. The van der Waals surface area contributed by atoms with Crippen molar-refractivity contribution in [1.29, 1.82) is 0 Å². The minimum absolute atomic E-state index is 0.00383. The van der Waals surface area contributed by atoms with Crippen LogP contribution in [0.3, 0.4) is 0 Å². The lowest BCUT2D eigenvalue weighted by Crippen LogP contribution is -2.41. The number of hydrogen-bond donors (Lipinski definition) is 3. The molecule has 3 rings (SSSR count). The molecule has 0 aliphatic carbocycles. The number of aliphatic hydroxyl groups excluding tert-OH is 1. The van der Waals surface area contributed by atoms with Gasteiger partial charge in [0.05, 0.1) is 6.54 Å². The predicted molar refractivity (Wildman–Crippen MR) is 104 cm³/mol. The number of nitrogens with one attached hydrogen (secondary N) is 2. The summed E-state index contributed by atoms with van der Waals surface area (Å²) in [6, 6.07) is 11.9. The van der Waals surface area contributed by atoms with Gasteiger partial charge in [-0.15, -0.1) is 0 Å². The number of rotatable bonds is 8. The number of amides is 2. The molecule has 0 fully saturated rings. The standard InChI is InChI=1S/C19H19BrN2O6/c20-13-3-1-2-12(6-13)19(25)22-9-18(24)21-8-14(23)10-26-15-4-5-16-17(7-15)28-11-27-16/h1-7,14,23H,8-11H2,(H,21,24)(H,22,25). The van der Waals surface area contributed by atoms with Crippen molar-refractivity contribution < 1.29 is 28.9 Å². The molecule has 0 aromatic heterocycles. The molecule has 2 aromatic carbocycles. The lowest BCUT2D eigenvalue weighted by Gasteiger charge is -2.14. The normalized spacial score (nSPS) is 12.9. The van der Waals surface area contributed by atoms with Crippen LogP contribution in [0.5, 0.6) is 17.2 Å². The van der Waals surface area contributed by atoms with E-state index >= 15 is 0 Å². The van der Waals surface area contributed by atoms with Gasteiger partial charge >= 0.3 is 0 Å². The quantitative estimate of drug-likeness (QED) is 0.562. The first-order chi connectivity index (χ1) is 13.5. The third kappa shape index (κ3) is 5.61. The zero-order valence-corrected chi connectivity index (χ0v) is 16.4. The van der Waals surface area contributed by atoms with E-state index in [1.54, 1.807) is 42.5 Å². The van der Waals surface area contributed by atoms with Crippen molar-refractivity contribution >= 4 is 27.7 Å². The Morgan fingerprint density at radius 2 is 1.96 bits per heavy atom. The third-order valence-corrected chi connectivity index (χ3v) is 4.31. The first kappa shape index (κ1) is 20.0. The number of hydrogen-bond acceptors (Lipinski definition) is 6. The Kier molecular flexibility index (Phi) is 6.72. The van der Waals surface area contributed by atoms with Gasteiger partial charge in [0.2, 0.25) is 12.7 Å². The van der Waals surface area contributed by atoms with Crippen LogP contribution in [0.1, 0.15) is 10.4 Å². The fourth-order valence-electron chi connectivity index (χ4n) is 2.40. The van der Waals surface area contributed by atoms with Crippen molar-refractivity contribution in [3.63, 3.8) is 0 Å². The molecular formula is C19H19BrN2O6. The minimum Gasteiger partial charge on any atom is -0.491 e. The molecule has 0 bridgehead atoms. The van der Waals surface area contributed by atoms with Crippen molar-refractivity contribution in [2.24, 2.45) is 0 Å². The maximum Gasteiger partial charge on any atom is 0.251 e. The summed E-state index contributed by atoms with van der Waals surface area (Å²) in [5.74, 6) is 0.982. The molecule has 1 unspecified atom stereocenters. The molecule has 28 heavy (non-hydrogen) atoms. The van der Waals surface area contributed by atoms with Crippen LogP contribution >= 0.6 is 15.9 Å². The van der Waals surface area contributed by atoms with Crippen LogP contribution in [-0.2, 0) is 4.79 Å². The Hall–Kier alpha value is -2.78. The molecule has 0 radical (unpaired) electrons. The number of halogens is 1. The summed E-state index contributed by atoms with van der Waals surface area (Å²) in [6.45, 7) is -0.0346. The lowest BCUT2D eigenvalue weighted by atomic mass is 10.2. The van der Waals surface area contributed by atoms with E-state index in [-0.39, 0.29) is 32.4 Å². The third-order valence-electron chi connectivity index (χ3n) is 3.82. The topological polar surface area (TPSA) is 106 Å². The number of fused-ring (bicyclic) bond motifs is 1. The van der Waals surface area contributed by atoms with Crippen LogP contribution in [0.4, 0.5) is 0 Å². The molecule has 1 heterocycles. The van der Waals surface area contributed by atoms with Crippen LogP contribution in [0.15, 0.2) is 46.9 Å². The van der Waals surface area contributed by atoms with E-state index in [0.29, 0.717) is 22.8 Å². The lowest BCUT2D eigenvalue weighted by molar-refractivity contribution is -0.120. The first-order valence-electron chi connectivity index (χ1n) is 8.52. The second-order valence-corrected chi connectivity index (χ2v) is 6.89. The molecule has 148 valence electrons. The Morgan fingerprint density at radius 1 is 1.14 bits per heavy atom.